The van der Waals surface area contributed by atoms with Crippen molar-refractivity contribution in [3.05, 3.63) is 76.9 Å². The molecule has 7 heteroatoms. The van der Waals surface area contributed by atoms with Gasteiger partial charge in [0, 0.05) is 17.8 Å². The molecule has 2 unspecified atom stereocenters. The number of hydrogen-bond acceptors (Lipinski definition) is 3. The molecule has 2 aromatic carbocycles. The highest BCUT2D eigenvalue weighted by molar-refractivity contribution is 5.97. The van der Waals surface area contributed by atoms with Gasteiger partial charge in [0.05, 0.1) is 30.2 Å². The Kier molecular flexibility index (Phi) is 10.3. The molecule has 0 spiro atoms. The zero-order valence-corrected chi connectivity index (χ0v) is 22.7. The minimum atomic E-state index is -4.56. The molecule has 2 aromatic rings. The molecule has 1 aliphatic heterocycles. The maximum Gasteiger partial charge on any atom is 0.419 e. The maximum atomic E-state index is 14.0. The highest BCUT2D eigenvalue weighted by atomic mass is 19.4. The van der Waals surface area contributed by atoms with Crippen LogP contribution in [0.5, 0.6) is 5.75 Å². The Labute approximate surface area is 224 Å². The minimum absolute atomic E-state index is 0.00458. The van der Waals surface area contributed by atoms with Crippen molar-refractivity contribution >= 4 is 23.8 Å². The van der Waals surface area contributed by atoms with Crippen LogP contribution in [0.25, 0.3) is 11.8 Å². The topological polar surface area (TPSA) is 48.7 Å². The average molecular weight is 526 g/mol. The number of halogens is 3. The number of aryl methyl sites for hydroxylation is 1. The maximum absolute atomic E-state index is 14.0. The summed E-state index contributed by atoms with van der Waals surface area (Å²) >= 11 is 0. The number of allylic oxidation sites excluding steroid dienone is 1. The first kappa shape index (κ1) is 29.2. The van der Waals surface area contributed by atoms with E-state index in [1.165, 1.54) is 18.0 Å². The SMILES string of the molecule is C/C=C(\N=C(C(C)CC)C1CCCN1C=N)c1ccc(OCC/C=C/c2ccc(C)cc2)c(C(F)(F)F)c1. The van der Waals surface area contributed by atoms with E-state index in [4.69, 9.17) is 15.1 Å². The molecule has 1 heterocycles. The number of nitrogens with one attached hydrogen (secondary N) is 1. The predicted molar refractivity (Wildman–Crippen MR) is 151 cm³/mol. The quantitative estimate of drug-likeness (QED) is 0.182. The van der Waals surface area contributed by atoms with Crippen molar-refractivity contribution in [2.45, 2.75) is 65.6 Å². The van der Waals surface area contributed by atoms with Crippen LogP contribution in [-0.4, -0.2) is 36.1 Å². The Balaban J connectivity index is 1.81. The van der Waals surface area contributed by atoms with Gasteiger partial charge < -0.3 is 9.64 Å². The summed E-state index contributed by atoms with van der Waals surface area (Å²) in [6.45, 7) is 8.88. The first-order valence-electron chi connectivity index (χ1n) is 13.3. The summed E-state index contributed by atoms with van der Waals surface area (Å²) in [5, 5.41) is 7.75. The lowest BCUT2D eigenvalue weighted by molar-refractivity contribution is -0.138. The minimum Gasteiger partial charge on any atom is -0.493 e. The average Bonchev–Trinajstić information content (AvgIpc) is 3.38. The molecule has 0 bridgehead atoms. The number of ether oxygens (including phenoxy) is 1. The first-order valence-corrected chi connectivity index (χ1v) is 13.3. The summed E-state index contributed by atoms with van der Waals surface area (Å²) in [5.74, 6) is -0.0366. The fraction of sp³-hybridized carbons (Fsp3) is 0.419. The number of alkyl halides is 3. The van der Waals surface area contributed by atoms with Gasteiger partial charge in [-0.15, -0.1) is 0 Å². The molecule has 1 aliphatic rings. The van der Waals surface area contributed by atoms with E-state index in [1.807, 2.05) is 48.2 Å². The van der Waals surface area contributed by atoms with Crippen LogP contribution in [0, 0.1) is 18.3 Å². The molecule has 0 aliphatic carbocycles. The third-order valence-electron chi connectivity index (χ3n) is 6.95. The van der Waals surface area contributed by atoms with Crippen LogP contribution in [0.4, 0.5) is 13.2 Å². The highest BCUT2D eigenvalue weighted by Crippen LogP contribution is 2.38. The zero-order chi connectivity index (χ0) is 27.7. The molecule has 0 saturated carbocycles. The van der Waals surface area contributed by atoms with E-state index in [2.05, 4.69) is 13.8 Å². The van der Waals surface area contributed by atoms with Crippen molar-refractivity contribution in [1.29, 1.82) is 5.41 Å². The smallest absolute Gasteiger partial charge is 0.419 e. The van der Waals surface area contributed by atoms with Crippen LogP contribution in [-0.2, 0) is 6.18 Å². The summed E-state index contributed by atoms with van der Waals surface area (Å²) in [6.07, 6.45) is 5.55. The fourth-order valence-electron chi connectivity index (χ4n) is 4.59. The number of benzene rings is 2. The highest BCUT2D eigenvalue weighted by Gasteiger charge is 2.35. The van der Waals surface area contributed by atoms with Gasteiger partial charge in [0.2, 0.25) is 0 Å². The third-order valence-corrected chi connectivity index (χ3v) is 6.95. The van der Waals surface area contributed by atoms with Crippen molar-refractivity contribution in [2.75, 3.05) is 13.2 Å². The van der Waals surface area contributed by atoms with E-state index in [0.29, 0.717) is 17.7 Å². The van der Waals surface area contributed by atoms with Gasteiger partial charge in [-0.25, -0.2) is 0 Å². The largest absolute Gasteiger partial charge is 0.493 e. The van der Waals surface area contributed by atoms with Crippen molar-refractivity contribution < 1.29 is 17.9 Å². The second-order valence-corrected chi connectivity index (χ2v) is 9.70. The molecule has 1 saturated heterocycles. The molecule has 0 amide bonds. The van der Waals surface area contributed by atoms with Crippen molar-refractivity contribution in [2.24, 2.45) is 10.9 Å². The molecule has 4 nitrogen and oxygen atoms in total. The van der Waals surface area contributed by atoms with Crippen molar-refractivity contribution in [3.63, 3.8) is 0 Å². The molecule has 38 heavy (non-hydrogen) atoms. The molecule has 1 N–H and O–H groups in total. The van der Waals surface area contributed by atoms with E-state index in [-0.39, 0.29) is 24.3 Å². The molecule has 1 fully saturated rings. The monoisotopic (exact) mass is 525 g/mol. The lowest BCUT2D eigenvalue weighted by Crippen LogP contribution is -2.38. The zero-order valence-electron chi connectivity index (χ0n) is 22.7. The predicted octanol–water partition coefficient (Wildman–Crippen LogP) is 8.42. The Hall–Kier alpha value is -3.35. The number of aliphatic imine (C=N–C) groups is 1. The van der Waals surface area contributed by atoms with Gasteiger partial charge in [0.1, 0.15) is 5.75 Å². The molecular weight excluding hydrogens is 487 g/mol. The second-order valence-electron chi connectivity index (χ2n) is 9.70. The van der Waals surface area contributed by atoms with Crippen LogP contribution in [0.15, 0.2) is 59.6 Å². The summed E-state index contributed by atoms with van der Waals surface area (Å²) in [7, 11) is 0. The molecule has 204 valence electrons. The van der Waals surface area contributed by atoms with Gasteiger partial charge in [-0.05, 0) is 69.2 Å². The van der Waals surface area contributed by atoms with Gasteiger partial charge in [-0.1, -0.05) is 61.9 Å². The fourth-order valence-corrected chi connectivity index (χ4v) is 4.59. The summed E-state index contributed by atoms with van der Waals surface area (Å²) in [5.41, 5.74) is 3.20. The van der Waals surface area contributed by atoms with Gasteiger partial charge in [-0.2, -0.15) is 13.2 Å². The van der Waals surface area contributed by atoms with Crippen LogP contribution in [0.2, 0.25) is 0 Å². The van der Waals surface area contributed by atoms with Crippen molar-refractivity contribution in [1.82, 2.24) is 4.90 Å². The van der Waals surface area contributed by atoms with E-state index in [9.17, 15) is 13.2 Å². The van der Waals surface area contributed by atoms with Gasteiger partial charge in [0.15, 0.2) is 0 Å². The summed E-state index contributed by atoms with van der Waals surface area (Å²) in [6, 6.07) is 12.2. The van der Waals surface area contributed by atoms with Crippen molar-refractivity contribution in [3.8, 4) is 5.75 Å². The van der Waals surface area contributed by atoms with Crippen LogP contribution < -0.4 is 4.74 Å². The lowest BCUT2D eigenvalue weighted by atomic mass is 9.94. The molecule has 0 aromatic heterocycles. The van der Waals surface area contributed by atoms with Crippen LogP contribution in [0.1, 0.15) is 68.7 Å². The molecule has 0 radical (unpaired) electrons. The van der Waals surface area contributed by atoms with Gasteiger partial charge >= 0.3 is 6.18 Å². The normalized spacial score (nSPS) is 17.8. The van der Waals surface area contributed by atoms with E-state index in [0.717, 1.165) is 43.1 Å². The number of rotatable bonds is 11. The Bertz CT molecular complexity index is 1170. The van der Waals surface area contributed by atoms with Crippen LogP contribution in [0.3, 0.4) is 0 Å². The Morgan fingerprint density at radius 1 is 1.21 bits per heavy atom. The number of likely N-dealkylation sites (tertiary alicyclic amines) is 1. The molecule has 2 atom stereocenters. The summed E-state index contributed by atoms with van der Waals surface area (Å²) < 4.78 is 47.7. The lowest BCUT2D eigenvalue weighted by Gasteiger charge is -2.27. The number of nitrogens with zero attached hydrogens (tertiary/aromatic N) is 2. The van der Waals surface area contributed by atoms with E-state index < -0.39 is 11.7 Å². The Morgan fingerprint density at radius 2 is 1.95 bits per heavy atom. The number of hydrogen-bond donors (Lipinski definition) is 1. The van der Waals surface area contributed by atoms with E-state index >= 15 is 0 Å². The standard InChI is InChI=1S/C31H38F3N3O/c1-5-23(4)30(28-11-9-18-37(28)21-35)36-27(6-2)25-16-17-29(26(20-25)31(32,33)34)38-19-8-7-10-24-14-12-22(3)13-15-24/h6-7,10,12-17,20-21,23,28,35H,5,8-9,11,18-19H2,1-4H3/b10-7+,27-6-,35-21?,36-30?. The molecular formula is C31H38F3N3O. The Morgan fingerprint density at radius 3 is 2.58 bits per heavy atom. The third kappa shape index (κ3) is 7.59. The second kappa shape index (κ2) is 13.4. The first-order chi connectivity index (χ1) is 18.2. The summed E-state index contributed by atoms with van der Waals surface area (Å²) in [4.78, 5) is 6.87. The van der Waals surface area contributed by atoms with Gasteiger partial charge in [0.25, 0.3) is 0 Å². The van der Waals surface area contributed by atoms with Gasteiger partial charge in [-0.3, -0.25) is 10.4 Å². The molecule has 3 rings (SSSR count). The van der Waals surface area contributed by atoms with E-state index in [1.54, 1.807) is 19.1 Å². The van der Waals surface area contributed by atoms with Crippen LogP contribution >= 0.6 is 0 Å².